The number of ether oxygens (including phenoxy) is 1. The number of allylic oxidation sites excluding steroid dienone is 1. The molecule has 0 spiro atoms. The van der Waals surface area contributed by atoms with Gasteiger partial charge in [0.25, 0.3) is 0 Å². The van der Waals surface area contributed by atoms with Crippen LogP contribution in [0.25, 0.3) is 0 Å². The lowest BCUT2D eigenvalue weighted by Gasteiger charge is -2.20. The number of rotatable bonds is 56. The Bertz CT molecular complexity index is 986. The molecule has 1 amide bonds. The van der Waals surface area contributed by atoms with Crippen molar-refractivity contribution in [1.29, 1.82) is 0 Å². The first-order chi connectivity index (χ1) is 32.5. The first-order valence-corrected chi connectivity index (χ1v) is 30.0. The highest BCUT2D eigenvalue weighted by atomic mass is 16.5. The molecule has 0 aliphatic heterocycles. The van der Waals surface area contributed by atoms with E-state index in [0.29, 0.717) is 19.4 Å². The van der Waals surface area contributed by atoms with Crippen molar-refractivity contribution in [3.05, 3.63) is 12.2 Å². The fraction of sp³-hybridized carbons (Fsp3) is 0.933. The number of esters is 1. The molecular formula is C60H117NO5. The standard InChI is InChI=1S/C60H117NO5/c1-3-5-7-9-11-13-15-17-19-20-21-22-23-24-25-26-27-29-30-32-36-40-44-48-52-58(63)57(56-62)61-59(64)53-49-45-41-37-34-35-39-43-47-51-55-66-60(65)54-50-46-42-38-33-31-28-18-16-14-12-10-8-6-4-2/h48,52,57-58,62-63H,3-47,49-51,53-56H2,1-2H3,(H,61,64)/b52-48+. The smallest absolute Gasteiger partial charge is 0.305 e. The lowest BCUT2D eigenvalue weighted by atomic mass is 10.0. The maximum atomic E-state index is 12.5. The third-order valence-electron chi connectivity index (χ3n) is 14.1. The Balaban J connectivity index is 3.48. The molecule has 0 fully saturated rings. The van der Waals surface area contributed by atoms with Crippen molar-refractivity contribution in [2.24, 2.45) is 0 Å². The van der Waals surface area contributed by atoms with Crippen LogP contribution in [0.15, 0.2) is 12.2 Å². The summed E-state index contributed by atoms with van der Waals surface area (Å²) in [5.74, 6) is -0.103. The highest BCUT2D eigenvalue weighted by molar-refractivity contribution is 5.76. The van der Waals surface area contributed by atoms with E-state index in [1.165, 1.54) is 250 Å². The first-order valence-electron chi connectivity index (χ1n) is 30.0. The molecule has 2 unspecified atom stereocenters. The van der Waals surface area contributed by atoms with Gasteiger partial charge in [0.2, 0.25) is 5.91 Å². The average Bonchev–Trinajstić information content (AvgIpc) is 3.32. The van der Waals surface area contributed by atoms with E-state index in [4.69, 9.17) is 4.74 Å². The van der Waals surface area contributed by atoms with Crippen LogP contribution in [0.1, 0.15) is 335 Å². The Morgan fingerprint density at radius 3 is 1.03 bits per heavy atom. The second kappa shape index (κ2) is 56.2. The number of nitrogens with one attached hydrogen (secondary N) is 1. The van der Waals surface area contributed by atoms with E-state index in [1.807, 2.05) is 6.08 Å². The number of carbonyl (C=O) groups is 2. The van der Waals surface area contributed by atoms with Gasteiger partial charge >= 0.3 is 5.97 Å². The molecule has 0 rings (SSSR count). The molecule has 0 aromatic heterocycles. The Morgan fingerprint density at radius 2 is 0.697 bits per heavy atom. The topological polar surface area (TPSA) is 95.9 Å². The van der Waals surface area contributed by atoms with Gasteiger partial charge in [0, 0.05) is 12.8 Å². The van der Waals surface area contributed by atoms with Crippen molar-refractivity contribution in [1.82, 2.24) is 5.32 Å². The predicted molar refractivity (Wildman–Crippen MR) is 287 cm³/mol. The fourth-order valence-electron chi connectivity index (χ4n) is 9.46. The highest BCUT2D eigenvalue weighted by Crippen LogP contribution is 2.18. The predicted octanol–water partition coefficient (Wildman–Crippen LogP) is 18.5. The molecule has 392 valence electrons. The Kier molecular flexibility index (Phi) is 55.0. The van der Waals surface area contributed by atoms with Crippen LogP contribution in [0, 0.1) is 0 Å². The molecule has 0 radical (unpaired) electrons. The first kappa shape index (κ1) is 64.6. The van der Waals surface area contributed by atoms with Crippen molar-refractivity contribution >= 4 is 11.9 Å². The van der Waals surface area contributed by atoms with Crippen LogP contribution in [-0.2, 0) is 14.3 Å². The maximum Gasteiger partial charge on any atom is 0.305 e. The molecule has 0 aromatic rings. The van der Waals surface area contributed by atoms with Crippen LogP contribution in [0.2, 0.25) is 0 Å². The number of amides is 1. The summed E-state index contributed by atoms with van der Waals surface area (Å²) in [5, 5.41) is 23.2. The second-order valence-electron chi connectivity index (χ2n) is 20.7. The van der Waals surface area contributed by atoms with Crippen LogP contribution in [-0.4, -0.2) is 47.4 Å². The summed E-state index contributed by atoms with van der Waals surface area (Å²) in [5.41, 5.74) is 0. The van der Waals surface area contributed by atoms with Crippen molar-refractivity contribution in [3.8, 4) is 0 Å². The number of aliphatic hydroxyl groups is 2. The van der Waals surface area contributed by atoms with E-state index in [2.05, 4.69) is 19.2 Å². The summed E-state index contributed by atoms with van der Waals surface area (Å²) in [6.07, 6.45) is 66.7. The second-order valence-corrected chi connectivity index (χ2v) is 20.7. The van der Waals surface area contributed by atoms with Crippen molar-refractivity contribution in [2.45, 2.75) is 347 Å². The molecule has 0 aliphatic carbocycles. The summed E-state index contributed by atoms with van der Waals surface area (Å²) >= 11 is 0. The molecule has 6 nitrogen and oxygen atoms in total. The molecule has 0 aromatic carbocycles. The molecule has 0 bridgehead atoms. The molecule has 0 aliphatic rings. The largest absolute Gasteiger partial charge is 0.466 e. The van der Waals surface area contributed by atoms with Gasteiger partial charge in [0.15, 0.2) is 0 Å². The van der Waals surface area contributed by atoms with E-state index in [-0.39, 0.29) is 18.5 Å². The third kappa shape index (κ3) is 52.0. The lowest BCUT2D eigenvalue weighted by molar-refractivity contribution is -0.143. The SMILES string of the molecule is CCCCCCCCCCCCCCCCCCCCCCCC/C=C/C(O)C(CO)NC(=O)CCCCCCCCCCCCOC(=O)CCCCCCCCCCCCCCCCC. The quantitative estimate of drug-likeness (QED) is 0.0321. The highest BCUT2D eigenvalue weighted by Gasteiger charge is 2.18. The fourth-order valence-corrected chi connectivity index (χ4v) is 9.46. The molecular weight excluding hydrogens is 815 g/mol. The number of unbranched alkanes of at least 4 members (excludes halogenated alkanes) is 45. The van der Waals surface area contributed by atoms with E-state index in [9.17, 15) is 19.8 Å². The minimum Gasteiger partial charge on any atom is -0.466 e. The van der Waals surface area contributed by atoms with Gasteiger partial charge < -0.3 is 20.3 Å². The van der Waals surface area contributed by atoms with Crippen LogP contribution in [0.3, 0.4) is 0 Å². The lowest BCUT2D eigenvalue weighted by Crippen LogP contribution is -2.45. The Morgan fingerprint density at radius 1 is 0.409 bits per heavy atom. The normalized spacial score (nSPS) is 12.6. The summed E-state index contributed by atoms with van der Waals surface area (Å²) in [7, 11) is 0. The molecule has 6 heteroatoms. The summed E-state index contributed by atoms with van der Waals surface area (Å²) < 4.78 is 5.47. The monoisotopic (exact) mass is 932 g/mol. The Hall–Kier alpha value is -1.40. The number of aliphatic hydroxyl groups excluding tert-OH is 2. The molecule has 2 atom stereocenters. The van der Waals surface area contributed by atoms with Gasteiger partial charge in [0.1, 0.15) is 0 Å². The molecule has 3 N–H and O–H groups in total. The van der Waals surface area contributed by atoms with Gasteiger partial charge in [-0.05, 0) is 32.1 Å². The van der Waals surface area contributed by atoms with Gasteiger partial charge in [-0.15, -0.1) is 0 Å². The van der Waals surface area contributed by atoms with E-state index in [0.717, 1.165) is 57.8 Å². The summed E-state index contributed by atoms with van der Waals surface area (Å²) in [4.78, 5) is 24.6. The average molecular weight is 933 g/mol. The molecule has 0 saturated heterocycles. The van der Waals surface area contributed by atoms with Crippen LogP contribution in [0.4, 0.5) is 0 Å². The van der Waals surface area contributed by atoms with Gasteiger partial charge in [-0.3, -0.25) is 9.59 Å². The molecule has 0 saturated carbocycles. The molecule has 66 heavy (non-hydrogen) atoms. The van der Waals surface area contributed by atoms with Gasteiger partial charge in [-0.25, -0.2) is 0 Å². The third-order valence-corrected chi connectivity index (χ3v) is 14.1. The van der Waals surface area contributed by atoms with E-state index >= 15 is 0 Å². The van der Waals surface area contributed by atoms with Crippen molar-refractivity contribution < 1.29 is 24.5 Å². The van der Waals surface area contributed by atoms with Gasteiger partial charge in [0.05, 0.1) is 25.4 Å². The zero-order chi connectivity index (χ0) is 47.9. The van der Waals surface area contributed by atoms with Crippen molar-refractivity contribution in [3.63, 3.8) is 0 Å². The maximum absolute atomic E-state index is 12.5. The van der Waals surface area contributed by atoms with Gasteiger partial charge in [-0.1, -0.05) is 302 Å². The van der Waals surface area contributed by atoms with Crippen LogP contribution in [0.5, 0.6) is 0 Å². The van der Waals surface area contributed by atoms with E-state index in [1.54, 1.807) is 6.08 Å². The number of carbonyl (C=O) groups excluding carboxylic acids is 2. The van der Waals surface area contributed by atoms with Crippen LogP contribution < -0.4 is 5.32 Å². The number of hydrogen-bond donors (Lipinski definition) is 3. The zero-order valence-electron chi connectivity index (χ0n) is 44.7. The van der Waals surface area contributed by atoms with Crippen molar-refractivity contribution in [2.75, 3.05) is 13.2 Å². The Labute approximate surface area is 412 Å². The minimum absolute atomic E-state index is 0.0168. The summed E-state index contributed by atoms with van der Waals surface area (Å²) in [6.45, 7) is 4.88. The van der Waals surface area contributed by atoms with Crippen LogP contribution >= 0.6 is 0 Å². The van der Waals surface area contributed by atoms with E-state index < -0.39 is 12.1 Å². The minimum atomic E-state index is -0.859. The number of hydrogen-bond acceptors (Lipinski definition) is 5. The van der Waals surface area contributed by atoms with Gasteiger partial charge in [-0.2, -0.15) is 0 Å². The summed E-state index contributed by atoms with van der Waals surface area (Å²) in [6, 6.07) is -0.644. The zero-order valence-corrected chi connectivity index (χ0v) is 44.7. The molecule has 0 heterocycles.